The maximum Gasteiger partial charge on any atom is 0.293 e. The Morgan fingerprint density at radius 3 is 2.89 bits per heavy atom. The summed E-state index contributed by atoms with van der Waals surface area (Å²) >= 11 is 5.09. The standard InChI is InChI=1S/C22H29BrN6O4S.C2H5N/c1-2-7-27-20(25)17-21(32-12-24)29(13-28-17)22-19(31)18(30)16(33-22)11-34-9-4-8-26-15-6-3-5-14(23)10-15;1-2-3/h3,5-6,10,13,16,18-19,22,26,30-31H,2,4,7-9,11H2,1H3,(H2,25,27);2H,1,3H2. The summed E-state index contributed by atoms with van der Waals surface area (Å²) in [5.41, 5.74) is 11.8. The van der Waals surface area contributed by atoms with Crippen LogP contribution in [0.4, 0.5) is 5.69 Å². The zero-order valence-corrected chi connectivity index (χ0v) is 23.1. The highest BCUT2D eigenvalue weighted by molar-refractivity contribution is 9.10. The molecule has 1 fully saturated rings. The number of amidine groups is 1. The van der Waals surface area contributed by atoms with Crippen molar-refractivity contribution in [3.05, 3.63) is 53.5 Å². The molecule has 0 spiro atoms. The van der Waals surface area contributed by atoms with Crippen LogP contribution in [0.1, 0.15) is 31.7 Å². The van der Waals surface area contributed by atoms with Crippen LogP contribution in [-0.4, -0.2) is 68.5 Å². The lowest BCUT2D eigenvalue weighted by molar-refractivity contribution is -0.0338. The Bertz CT molecular complexity index is 1060. The van der Waals surface area contributed by atoms with Gasteiger partial charge in [-0.3, -0.25) is 9.56 Å². The number of nitrogens with zero attached hydrogens (tertiary/aromatic N) is 4. The van der Waals surface area contributed by atoms with Crippen molar-refractivity contribution >= 4 is 39.2 Å². The quantitative estimate of drug-likeness (QED) is 0.106. The normalized spacial score (nSPS) is 21.0. The molecule has 1 aromatic carbocycles. The zero-order valence-electron chi connectivity index (χ0n) is 20.7. The Hall–Kier alpha value is -2.76. The summed E-state index contributed by atoms with van der Waals surface area (Å²) < 4.78 is 13.4. The molecule has 0 saturated carbocycles. The molecule has 4 unspecified atom stereocenters. The smallest absolute Gasteiger partial charge is 0.293 e. The fourth-order valence-corrected chi connectivity index (χ4v) is 4.88. The first kappa shape index (κ1) is 30.5. The highest BCUT2D eigenvalue weighted by Gasteiger charge is 2.44. The number of nitriles is 1. The Morgan fingerprint density at radius 1 is 1.46 bits per heavy atom. The van der Waals surface area contributed by atoms with Gasteiger partial charge < -0.3 is 36.5 Å². The van der Waals surface area contributed by atoms with E-state index >= 15 is 0 Å². The van der Waals surface area contributed by atoms with Crippen LogP contribution in [0.3, 0.4) is 0 Å². The maximum atomic E-state index is 10.6. The van der Waals surface area contributed by atoms with E-state index in [0.717, 1.165) is 35.3 Å². The summed E-state index contributed by atoms with van der Waals surface area (Å²) in [4.78, 5) is 8.39. The van der Waals surface area contributed by atoms with Gasteiger partial charge in [0, 0.05) is 29.0 Å². The van der Waals surface area contributed by atoms with Gasteiger partial charge in [0.2, 0.25) is 5.88 Å². The number of ether oxygens (including phenoxy) is 2. The molecule has 1 aliphatic heterocycles. The number of halogens is 1. The Labute approximate surface area is 229 Å². The van der Waals surface area contributed by atoms with Crippen LogP contribution >= 0.6 is 27.7 Å². The van der Waals surface area contributed by atoms with Crippen molar-refractivity contribution in [1.29, 1.82) is 5.26 Å². The Balaban J connectivity index is 0.00000153. The second kappa shape index (κ2) is 16.2. The third kappa shape index (κ3) is 8.94. The van der Waals surface area contributed by atoms with Gasteiger partial charge >= 0.3 is 0 Å². The van der Waals surface area contributed by atoms with Gasteiger partial charge in [-0.05, 0) is 43.0 Å². The van der Waals surface area contributed by atoms with Crippen LogP contribution in [0.5, 0.6) is 5.88 Å². The van der Waals surface area contributed by atoms with E-state index in [4.69, 9.17) is 20.5 Å². The number of benzene rings is 1. The Kier molecular flexibility index (Phi) is 13.3. The van der Waals surface area contributed by atoms with E-state index in [0.29, 0.717) is 12.3 Å². The van der Waals surface area contributed by atoms with Gasteiger partial charge in [-0.25, -0.2) is 4.98 Å². The van der Waals surface area contributed by atoms with Crippen molar-refractivity contribution in [3.63, 3.8) is 0 Å². The third-order valence-electron chi connectivity index (χ3n) is 5.15. The average Bonchev–Trinajstić information content (AvgIpc) is 3.41. The van der Waals surface area contributed by atoms with Crippen molar-refractivity contribution in [2.45, 2.75) is 44.3 Å². The monoisotopic (exact) mass is 595 g/mol. The first-order chi connectivity index (χ1) is 17.9. The van der Waals surface area contributed by atoms with E-state index in [9.17, 15) is 10.2 Å². The van der Waals surface area contributed by atoms with Gasteiger partial charge in [0.15, 0.2) is 11.9 Å². The summed E-state index contributed by atoms with van der Waals surface area (Å²) in [6.07, 6.45) is 2.07. The van der Waals surface area contributed by atoms with Gasteiger partial charge in [0.1, 0.15) is 24.4 Å². The predicted molar refractivity (Wildman–Crippen MR) is 149 cm³/mol. The minimum absolute atomic E-state index is 0.0167. The van der Waals surface area contributed by atoms with E-state index < -0.39 is 24.5 Å². The molecule has 3 rings (SSSR count). The van der Waals surface area contributed by atoms with Crippen LogP contribution in [0, 0.1) is 11.5 Å². The number of nitrogens with two attached hydrogens (primary N) is 2. The van der Waals surface area contributed by atoms with Crippen molar-refractivity contribution in [2.75, 3.05) is 29.9 Å². The molecule has 37 heavy (non-hydrogen) atoms. The lowest BCUT2D eigenvalue weighted by atomic mass is 10.1. The molecule has 0 bridgehead atoms. The number of rotatable bonds is 12. The number of aliphatic hydroxyl groups is 2. The van der Waals surface area contributed by atoms with Crippen molar-refractivity contribution in [1.82, 2.24) is 9.55 Å². The number of imidazole rings is 1. The molecule has 4 atom stereocenters. The summed E-state index contributed by atoms with van der Waals surface area (Å²) in [7, 11) is 0. The highest BCUT2D eigenvalue weighted by atomic mass is 79.9. The summed E-state index contributed by atoms with van der Waals surface area (Å²) in [6.45, 7) is 6.42. The van der Waals surface area contributed by atoms with Crippen LogP contribution in [-0.2, 0) is 4.74 Å². The molecule has 13 heteroatoms. The molecule has 2 heterocycles. The topological polar surface area (TPSA) is 177 Å². The highest BCUT2D eigenvalue weighted by Crippen LogP contribution is 2.35. The molecule has 1 aliphatic rings. The van der Waals surface area contributed by atoms with Gasteiger partial charge in [-0.1, -0.05) is 35.5 Å². The molecule has 7 N–H and O–H groups in total. The largest absolute Gasteiger partial charge is 0.405 e. The second-order valence-corrected chi connectivity index (χ2v) is 9.98. The van der Waals surface area contributed by atoms with Crippen LogP contribution in [0.15, 0.2) is 52.8 Å². The minimum Gasteiger partial charge on any atom is -0.405 e. The molecule has 2 aromatic rings. The third-order valence-corrected chi connectivity index (χ3v) is 6.79. The SMILES string of the molecule is C=CN.CCCN=C(N)c1ncn(C2OC(CSCCCNc3cccc(Br)c3)C(O)C2O)c1OC#N. The number of hydrogen-bond donors (Lipinski definition) is 5. The van der Waals surface area contributed by atoms with Crippen LogP contribution < -0.4 is 21.5 Å². The number of aromatic nitrogens is 2. The number of anilines is 1. The fourth-order valence-electron chi connectivity index (χ4n) is 3.46. The molecule has 11 nitrogen and oxygen atoms in total. The number of thioether (sulfide) groups is 1. The summed E-state index contributed by atoms with van der Waals surface area (Å²) in [6, 6.07) is 7.98. The Morgan fingerprint density at radius 2 is 2.22 bits per heavy atom. The van der Waals surface area contributed by atoms with E-state index in [1.54, 1.807) is 18.0 Å². The lowest BCUT2D eigenvalue weighted by Crippen LogP contribution is -2.32. The van der Waals surface area contributed by atoms with E-state index in [1.807, 2.05) is 31.2 Å². The summed E-state index contributed by atoms with van der Waals surface area (Å²) in [5, 5.41) is 33.6. The number of hydrogen-bond acceptors (Lipinski definition) is 10. The van der Waals surface area contributed by atoms with Crippen molar-refractivity contribution in [2.24, 2.45) is 16.5 Å². The van der Waals surface area contributed by atoms with Crippen molar-refractivity contribution < 1.29 is 19.7 Å². The molecule has 0 aliphatic carbocycles. The van der Waals surface area contributed by atoms with Crippen LogP contribution in [0.25, 0.3) is 0 Å². The average molecular weight is 597 g/mol. The molecular formula is C24H34BrN7O4S. The molecule has 0 radical (unpaired) electrons. The van der Waals surface area contributed by atoms with Gasteiger partial charge in [-0.15, -0.1) is 5.26 Å². The lowest BCUT2D eigenvalue weighted by Gasteiger charge is -2.17. The predicted octanol–water partition coefficient (Wildman–Crippen LogP) is 2.56. The van der Waals surface area contributed by atoms with E-state index in [2.05, 4.69) is 43.5 Å². The molecule has 202 valence electrons. The maximum absolute atomic E-state index is 10.6. The second-order valence-electron chi connectivity index (χ2n) is 7.91. The number of aliphatic imine (C=N–C) groups is 1. The van der Waals surface area contributed by atoms with Gasteiger partial charge in [-0.2, -0.15) is 11.8 Å². The first-order valence-electron chi connectivity index (χ1n) is 11.7. The minimum atomic E-state index is -1.22. The van der Waals surface area contributed by atoms with Gasteiger partial charge in [0.05, 0.1) is 6.10 Å². The van der Waals surface area contributed by atoms with Crippen molar-refractivity contribution in [3.8, 4) is 12.1 Å². The molecular weight excluding hydrogens is 562 g/mol. The summed E-state index contributed by atoms with van der Waals surface area (Å²) in [5.74, 6) is 1.50. The fraction of sp³-hybridized carbons (Fsp3) is 0.458. The van der Waals surface area contributed by atoms with E-state index in [-0.39, 0.29) is 17.4 Å². The first-order valence-corrected chi connectivity index (χ1v) is 13.7. The van der Waals surface area contributed by atoms with E-state index in [1.165, 1.54) is 17.1 Å². The zero-order chi connectivity index (χ0) is 27.2. The molecule has 0 amide bonds. The van der Waals surface area contributed by atoms with Crippen LogP contribution in [0.2, 0.25) is 0 Å². The number of aliphatic hydroxyl groups excluding tert-OH is 2. The molecule has 1 aromatic heterocycles. The number of nitrogens with one attached hydrogen (secondary N) is 1. The van der Waals surface area contributed by atoms with Gasteiger partial charge in [0.25, 0.3) is 6.26 Å². The molecule has 1 saturated heterocycles.